The average Bonchev–Trinajstić information content (AvgIpc) is 3.04. The Morgan fingerprint density at radius 3 is 2.88 bits per heavy atom. The fourth-order valence-corrected chi connectivity index (χ4v) is 3.89. The number of rotatable bonds is 4. The predicted molar refractivity (Wildman–Crippen MR) is 94.3 cm³/mol. The molecular formula is C17H22N4O2S. The molecule has 0 unspecified atom stereocenters. The third-order valence-corrected chi connectivity index (χ3v) is 5.29. The average molecular weight is 346 g/mol. The molecule has 6 nitrogen and oxygen atoms in total. The summed E-state index contributed by atoms with van der Waals surface area (Å²) in [5, 5.41) is 22.2. The number of carbonyl (C=O) groups is 1. The summed E-state index contributed by atoms with van der Waals surface area (Å²) in [6, 6.07) is 6.66. The first kappa shape index (κ1) is 16.7. The third kappa shape index (κ3) is 4.23. The minimum absolute atomic E-state index is 0.197. The number of nitrogens with zero attached hydrogens (tertiary/aromatic N) is 3. The molecular weight excluding hydrogens is 324 g/mol. The highest BCUT2D eigenvalue weighted by Gasteiger charge is 2.20. The van der Waals surface area contributed by atoms with Gasteiger partial charge in [-0.05, 0) is 30.5 Å². The van der Waals surface area contributed by atoms with Gasteiger partial charge in [0.1, 0.15) is 10.8 Å². The van der Waals surface area contributed by atoms with E-state index in [1.807, 2.05) is 6.07 Å². The monoisotopic (exact) mass is 346 g/mol. The molecule has 1 aliphatic carbocycles. The molecule has 2 amide bonds. The van der Waals surface area contributed by atoms with Crippen molar-refractivity contribution in [3.8, 4) is 5.75 Å². The van der Waals surface area contributed by atoms with Crippen molar-refractivity contribution in [3.05, 3.63) is 34.8 Å². The molecule has 1 aromatic heterocycles. The number of carbonyl (C=O) groups excluding carboxylic acids is 1. The lowest BCUT2D eigenvalue weighted by Gasteiger charge is -2.18. The number of hydrogen-bond donors (Lipinski definition) is 2. The largest absolute Gasteiger partial charge is 0.508 e. The van der Waals surface area contributed by atoms with E-state index >= 15 is 0 Å². The van der Waals surface area contributed by atoms with E-state index in [-0.39, 0.29) is 11.8 Å². The molecule has 7 heteroatoms. The topological polar surface area (TPSA) is 78.4 Å². The molecule has 24 heavy (non-hydrogen) atoms. The van der Waals surface area contributed by atoms with Gasteiger partial charge < -0.3 is 10.0 Å². The standard InChI is InChI=1S/C17H22N4O2S/c1-21(11-12-6-5-9-14(22)10-12)17(23)18-16-20-19-15(24-16)13-7-3-2-4-8-13/h5-6,9-10,13,22H,2-4,7-8,11H2,1H3,(H,18,20,23). The SMILES string of the molecule is CN(Cc1cccc(O)c1)C(=O)Nc1nnc(C2CCCCC2)s1. The van der Waals surface area contributed by atoms with Crippen LogP contribution in [0.15, 0.2) is 24.3 Å². The first-order chi connectivity index (χ1) is 11.6. The number of aromatic hydroxyl groups is 1. The third-order valence-electron chi connectivity index (χ3n) is 4.29. The quantitative estimate of drug-likeness (QED) is 0.878. The summed E-state index contributed by atoms with van der Waals surface area (Å²) in [6.07, 6.45) is 6.13. The van der Waals surface area contributed by atoms with Gasteiger partial charge in [0.05, 0.1) is 0 Å². The first-order valence-corrected chi connectivity index (χ1v) is 9.07. The minimum atomic E-state index is -0.232. The molecule has 128 valence electrons. The summed E-state index contributed by atoms with van der Waals surface area (Å²) < 4.78 is 0. The molecule has 0 aliphatic heterocycles. The van der Waals surface area contributed by atoms with Crippen LogP contribution in [0.4, 0.5) is 9.93 Å². The number of amides is 2. The maximum absolute atomic E-state index is 12.3. The van der Waals surface area contributed by atoms with Gasteiger partial charge in [-0.3, -0.25) is 5.32 Å². The van der Waals surface area contributed by atoms with Crippen molar-refractivity contribution in [2.75, 3.05) is 12.4 Å². The van der Waals surface area contributed by atoms with Crippen LogP contribution >= 0.6 is 11.3 Å². The van der Waals surface area contributed by atoms with Gasteiger partial charge in [0.25, 0.3) is 0 Å². The van der Waals surface area contributed by atoms with Gasteiger partial charge in [-0.15, -0.1) is 10.2 Å². The van der Waals surface area contributed by atoms with Crippen LogP contribution in [0, 0.1) is 0 Å². The minimum Gasteiger partial charge on any atom is -0.508 e. The number of hydrogen-bond acceptors (Lipinski definition) is 5. The van der Waals surface area contributed by atoms with E-state index < -0.39 is 0 Å². The normalized spacial score (nSPS) is 15.2. The number of urea groups is 1. The number of anilines is 1. The van der Waals surface area contributed by atoms with Crippen LogP contribution in [-0.4, -0.2) is 33.3 Å². The van der Waals surface area contributed by atoms with Crippen molar-refractivity contribution in [2.45, 2.75) is 44.6 Å². The van der Waals surface area contributed by atoms with Crippen LogP contribution in [0.5, 0.6) is 5.75 Å². The Kier molecular flexibility index (Phi) is 5.30. The molecule has 3 rings (SSSR count). The zero-order valence-corrected chi connectivity index (χ0v) is 14.6. The van der Waals surface area contributed by atoms with Crippen LogP contribution in [0.2, 0.25) is 0 Å². The lowest BCUT2D eigenvalue weighted by atomic mass is 9.90. The Hall–Kier alpha value is -2.15. The van der Waals surface area contributed by atoms with E-state index in [1.165, 1.54) is 43.4 Å². The Labute approximate surface area is 145 Å². The number of nitrogens with one attached hydrogen (secondary N) is 1. The van der Waals surface area contributed by atoms with Gasteiger partial charge in [-0.1, -0.05) is 42.7 Å². The van der Waals surface area contributed by atoms with E-state index in [4.69, 9.17) is 0 Å². The van der Waals surface area contributed by atoms with Gasteiger partial charge in [0.2, 0.25) is 5.13 Å². The highest BCUT2D eigenvalue weighted by atomic mass is 32.1. The van der Waals surface area contributed by atoms with Crippen LogP contribution in [-0.2, 0) is 6.54 Å². The van der Waals surface area contributed by atoms with Crippen molar-refractivity contribution < 1.29 is 9.90 Å². The molecule has 1 heterocycles. The number of phenols is 1. The van der Waals surface area contributed by atoms with E-state index in [1.54, 1.807) is 30.1 Å². The van der Waals surface area contributed by atoms with Crippen LogP contribution in [0.25, 0.3) is 0 Å². The number of benzene rings is 1. The molecule has 0 saturated heterocycles. The second-order valence-corrected chi connectivity index (χ2v) is 7.25. The van der Waals surface area contributed by atoms with Crippen molar-refractivity contribution in [2.24, 2.45) is 0 Å². The van der Waals surface area contributed by atoms with Gasteiger partial charge in [0.15, 0.2) is 0 Å². The summed E-state index contributed by atoms with van der Waals surface area (Å²) >= 11 is 1.47. The lowest BCUT2D eigenvalue weighted by Crippen LogP contribution is -2.30. The Morgan fingerprint density at radius 1 is 1.33 bits per heavy atom. The summed E-state index contributed by atoms with van der Waals surface area (Å²) in [5.41, 5.74) is 0.868. The Bertz CT molecular complexity index is 697. The second kappa shape index (κ2) is 7.61. The molecule has 2 N–H and O–H groups in total. The van der Waals surface area contributed by atoms with Gasteiger partial charge >= 0.3 is 6.03 Å². The molecule has 0 bridgehead atoms. The Balaban J connectivity index is 1.57. The van der Waals surface area contributed by atoms with Crippen molar-refractivity contribution in [1.82, 2.24) is 15.1 Å². The highest BCUT2D eigenvalue weighted by molar-refractivity contribution is 7.15. The summed E-state index contributed by atoms with van der Waals surface area (Å²) in [7, 11) is 1.71. The fourth-order valence-electron chi connectivity index (χ4n) is 2.99. The van der Waals surface area contributed by atoms with Crippen molar-refractivity contribution in [1.29, 1.82) is 0 Å². The summed E-state index contributed by atoms with van der Waals surface area (Å²) in [4.78, 5) is 13.8. The van der Waals surface area contributed by atoms with Crippen molar-refractivity contribution >= 4 is 22.5 Å². The lowest BCUT2D eigenvalue weighted by molar-refractivity contribution is 0.220. The van der Waals surface area contributed by atoms with E-state index in [2.05, 4.69) is 15.5 Å². The zero-order valence-electron chi connectivity index (χ0n) is 13.7. The highest BCUT2D eigenvalue weighted by Crippen LogP contribution is 2.35. The second-order valence-electron chi connectivity index (χ2n) is 6.24. The van der Waals surface area contributed by atoms with Crippen LogP contribution in [0.1, 0.15) is 48.6 Å². The number of aromatic nitrogens is 2. The molecule has 1 saturated carbocycles. The van der Waals surface area contributed by atoms with E-state index in [0.717, 1.165) is 10.6 Å². The molecule has 0 atom stereocenters. The molecule has 1 aromatic carbocycles. The van der Waals surface area contributed by atoms with Gasteiger partial charge in [-0.2, -0.15) is 0 Å². The maximum Gasteiger partial charge on any atom is 0.323 e. The summed E-state index contributed by atoms with van der Waals surface area (Å²) in [6.45, 7) is 0.411. The first-order valence-electron chi connectivity index (χ1n) is 8.25. The van der Waals surface area contributed by atoms with E-state index in [0.29, 0.717) is 17.6 Å². The predicted octanol–water partition coefficient (Wildman–Crippen LogP) is 3.96. The maximum atomic E-state index is 12.3. The molecule has 2 aromatic rings. The zero-order chi connectivity index (χ0) is 16.9. The molecule has 1 aliphatic rings. The van der Waals surface area contributed by atoms with Crippen molar-refractivity contribution in [3.63, 3.8) is 0 Å². The van der Waals surface area contributed by atoms with Crippen LogP contribution < -0.4 is 5.32 Å². The smallest absolute Gasteiger partial charge is 0.323 e. The molecule has 0 spiro atoms. The molecule has 1 fully saturated rings. The summed E-state index contributed by atoms with van der Waals surface area (Å²) in [5.74, 6) is 0.689. The fraction of sp³-hybridized carbons (Fsp3) is 0.471. The van der Waals surface area contributed by atoms with Crippen LogP contribution in [0.3, 0.4) is 0 Å². The van der Waals surface area contributed by atoms with Gasteiger partial charge in [0, 0.05) is 19.5 Å². The number of phenolic OH excluding ortho intramolecular Hbond substituents is 1. The van der Waals surface area contributed by atoms with E-state index in [9.17, 15) is 9.90 Å². The Morgan fingerprint density at radius 2 is 2.12 bits per heavy atom. The molecule has 0 radical (unpaired) electrons. The van der Waals surface area contributed by atoms with Gasteiger partial charge in [-0.25, -0.2) is 4.79 Å².